The Kier molecular flexibility index (Phi) is 4.04. The molecule has 5 heteroatoms. The highest BCUT2D eigenvalue weighted by Gasteiger charge is 2.04. The predicted octanol–water partition coefficient (Wildman–Crippen LogP) is 3.64. The number of pyridine rings is 1. The van der Waals surface area contributed by atoms with Crippen molar-refractivity contribution in [1.82, 2.24) is 4.98 Å². The summed E-state index contributed by atoms with van der Waals surface area (Å²) in [5.74, 6) is 1.61. The van der Waals surface area contributed by atoms with Crippen molar-refractivity contribution in [2.24, 2.45) is 0 Å². The molecule has 2 rings (SSSR count). The van der Waals surface area contributed by atoms with Crippen molar-refractivity contribution in [1.29, 1.82) is 0 Å². The van der Waals surface area contributed by atoms with Crippen LogP contribution in [-0.2, 0) is 0 Å². The molecule has 2 N–H and O–H groups in total. The summed E-state index contributed by atoms with van der Waals surface area (Å²) in [7, 11) is 3.49. The number of benzene rings is 1. The molecule has 1 aromatic heterocycles. The van der Waals surface area contributed by atoms with E-state index in [0.717, 1.165) is 27.4 Å². The van der Waals surface area contributed by atoms with Crippen LogP contribution in [0.25, 0.3) is 0 Å². The molecule has 0 spiro atoms. The molecule has 1 heterocycles. The van der Waals surface area contributed by atoms with Gasteiger partial charge in [0.15, 0.2) is 0 Å². The maximum Gasteiger partial charge on any atom is 0.142 e. The first kappa shape index (κ1) is 12.7. The fourth-order valence-corrected chi connectivity index (χ4v) is 1.94. The van der Waals surface area contributed by atoms with Gasteiger partial charge in [0.1, 0.15) is 11.6 Å². The Morgan fingerprint density at radius 2 is 2.06 bits per heavy atom. The summed E-state index contributed by atoms with van der Waals surface area (Å²) in [5, 5.41) is 6.31. The molecule has 18 heavy (non-hydrogen) atoms. The minimum Gasteiger partial charge on any atom is -0.495 e. The van der Waals surface area contributed by atoms with Gasteiger partial charge in [-0.25, -0.2) is 4.98 Å². The monoisotopic (exact) mass is 307 g/mol. The molecule has 0 aliphatic rings. The summed E-state index contributed by atoms with van der Waals surface area (Å²) in [6.07, 6.45) is 1.75. The van der Waals surface area contributed by atoms with Crippen LogP contribution in [0.5, 0.6) is 5.75 Å². The van der Waals surface area contributed by atoms with Gasteiger partial charge in [0.05, 0.1) is 12.8 Å². The van der Waals surface area contributed by atoms with Gasteiger partial charge in [-0.1, -0.05) is 15.9 Å². The van der Waals surface area contributed by atoms with E-state index in [2.05, 4.69) is 31.5 Å². The number of aromatic nitrogens is 1. The fraction of sp³-hybridized carbons (Fsp3) is 0.154. The molecule has 94 valence electrons. The number of ether oxygens (including phenoxy) is 1. The molecule has 0 amide bonds. The van der Waals surface area contributed by atoms with E-state index >= 15 is 0 Å². The Bertz CT molecular complexity index is 546. The van der Waals surface area contributed by atoms with E-state index in [1.54, 1.807) is 13.3 Å². The van der Waals surface area contributed by atoms with E-state index < -0.39 is 0 Å². The topological polar surface area (TPSA) is 46.2 Å². The number of halogens is 1. The highest BCUT2D eigenvalue weighted by molar-refractivity contribution is 9.10. The molecule has 2 aromatic rings. The highest BCUT2D eigenvalue weighted by atomic mass is 79.9. The summed E-state index contributed by atoms with van der Waals surface area (Å²) in [5.41, 5.74) is 1.85. The van der Waals surface area contributed by atoms with E-state index in [9.17, 15) is 0 Å². The van der Waals surface area contributed by atoms with Crippen molar-refractivity contribution < 1.29 is 4.74 Å². The third kappa shape index (κ3) is 2.92. The second-order valence-electron chi connectivity index (χ2n) is 3.65. The van der Waals surface area contributed by atoms with E-state index in [1.165, 1.54) is 0 Å². The third-order valence-electron chi connectivity index (χ3n) is 2.46. The summed E-state index contributed by atoms with van der Waals surface area (Å²) >= 11 is 3.45. The molecule has 0 saturated heterocycles. The van der Waals surface area contributed by atoms with Crippen molar-refractivity contribution in [2.75, 3.05) is 24.8 Å². The lowest BCUT2D eigenvalue weighted by Gasteiger charge is -2.12. The molecule has 0 aliphatic heterocycles. The SMILES string of the molecule is CNc1cc(Nc2cc(Br)ccc2OC)ccn1. The van der Waals surface area contributed by atoms with Crippen molar-refractivity contribution in [3.05, 3.63) is 41.0 Å². The Labute approximate surface area is 115 Å². The number of anilines is 3. The molecule has 0 fully saturated rings. The Balaban J connectivity index is 2.29. The molecule has 0 unspecified atom stereocenters. The van der Waals surface area contributed by atoms with E-state index in [-0.39, 0.29) is 0 Å². The number of nitrogens with zero attached hydrogens (tertiary/aromatic N) is 1. The smallest absolute Gasteiger partial charge is 0.142 e. The van der Waals surface area contributed by atoms with Gasteiger partial charge in [-0.3, -0.25) is 0 Å². The zero-order valence-electron chi connectivity index (χ0n) is 10.2. The van der Waals surface area contributed by atoms with Crippen LogP contribution in [0.1, 0.15) is 0 Å². The minimum atomic E-state index is 0.793. The van der Waals surface area contributed by atoms with Crippen LogP contribution in [0.2, 0.25) is 0 Å². The van der Waals surface area contributed by atoms with Crippen LogP contribution in [0.4, 0.5) is 17.2 Å². The van der Waals surface area contributed by atoms with Crippen molar-refractivity contribution in [2.45, 2.75) is 0 Å². The molecular weight excluding hydrogens is 294 g/mol. The fourth-order valence-electron chi connectivity index (χ4n) is 1.58. The van der Waals surface area contributed by atoms with Gasteiger partial charge in [0, 0.05) is 29.5 Å². The molecule has 1 aromatic carbocycles. The van der Waals surface area contributed by atoms with Gasteiger partial charge in [0.2, 0.25) is 0 Å². The largest absolute Gasteiger partial charge is 0.495 e. The standard InChI is InChI=1S/C13H14BrN3O/c1-15-13-8-10(5-6-16-13)17-11-7-9(14)3-4-12(11)18-2/h3-8H,1-2H3,(H2,15,16,17). The lowest BCUT2D eigenvalue weighted by atomic mass is 10.2. The lowest BCUT2D eigenvalue weighted by molar-refractivity contribution is 0.417. The van der Waals surface area contributed by atoms with Crippen molar-refractivity contribution in [3.63, 3.8) is 0 Å². The Morgan fingerprint density at radius 3 is 2.78 bits per heavy atom. The van der Waals surface area contributed by atoms with Gasteiger partial charge in [-0.15, -0.1) is 0 Å². The normalized spacial score (nSPS) is 9.94. The molecule has 0 atom stereocenters. The number of hydrogen-bond acceptors (Lipinski definition) is 4. The van der Waals surface area contributed by atoms with Crippen LogP contribution >= 0.6 is 15.9 Å². The van der Waals surface area contributed by atoms with Gasteiger partial charge >= 0.3 is 0 Å². The number of nitrogens with one attached hydrogen (secondary N) is 2. The first-order valence-corrected chi connectivity index (χ1v) is 6.26. The Morgan fingerprint density at radius 1 is 1.22 bits per heavy atom. The van der Waals surface area contributed by atoms with Crippen LogP contribution in [-0.4, -0.2) is 19.1 Å². The number of hydrogen-bond donors (Lipinski definition) is 2. The first-order valence-electron chi connectivity index (χ1n) is 5.47. The van der Waals surface area contributed by atoms with Gasteiger partial charge < -0.3 is 15.4 Å². The summed E-state index contributed by atoms with van der Waals surface area (Å²) in [4.78, 5) is 4.17. The maximum atomic E-state index is 5.31. The van der Waals surface area contributed by atoms with Gasteiger partial charge in [-0.2, -0.15) is 0 Å². The van der Waals surface area contributed by atoms with Crippen LogP contribution < -0.4 is 15.4 Å². The van der Waals surface area contributed by atoms with Crippen molar-refractivity contribution in [3.8, 4) is 5.75 Å². The van der Waals surface area contributed by atoms with Gasteiger partial charge in [-0.05, 0) is 24.3 Å². The van der Waals surface area contributed by atoms with E-state index in [1.807, 2.05) is 37.4 Å². The highest BCUT2D eigenvalue weighted by Crippen LogP contribution is 2.30. The second kappa shape index (κ2) is 5.73. The molecule has 0 bridgehead atoms. The van der Waals surface area contributed by atoms with E-state index in [0.29, 0.717) is 0 Å². The van der Waals surface area contributed by atoms with Crippen LogP contribution in [0.3, 0.4) is 0 Å². The average molecular weight is 308 g/mol. The average Bonchev–Trinajstić information content (AvgIpc) is 2.39. The molecule has 0 saturated carbocycles. The summed E-state index contributed by atoms with van der Waals surface area (Å²) in [6, 6.07) is 9.65. The summed E-state index contributed by atoms with van der Waals surface area (Å²) in [6.45, 7) is 0. The van der Waals surface area contributed by atoms with Gasteiger partial charge in [0.25, 0.3) is 0 Å². The molecule has 4 nitrogen and oxygen atoms in total. The zero-order chi connectivity index (χ0) is 13.0. The zero-order valence-corrected chi connectivity index (χ0v) is 11.8. The predicted molar refractivity (Wildman–Crippen MR) is 77.8 cm³/mol. The maximum absolute atomic E-state index is 5.31. The molecule has 0 radical (unpaired) electrons. The minimum absolute atomic E-state index is 0.793. The molecular formula is C13H14BrN3O. The number of methoxy groups -OCH3 is 1. The van der Waals surface area contributed by atoms with Crippen molar-refractivity contribution >= 4 is 33.1 Å². The first-order chi connectivity index (χ1) is 8.72. The van der Waals surface area contributed by atoms with Crippen LogP contribution in [0, 0.1) is 0 Å². The molecule has 0 aliphatic carbocycles. The number of rotatable bonds is 4. The quantitative estimate of drug-likeness (QED) is 0.905. The lowest BCUT2D eigenvalue weighted by Crippen LogP contribution is -1.97. The second-order valence-corrected chi connectivity index (χ2v) is 4.57. The summed E-state index contributed by atoms with van der Waals surface area (Å²) < 4.78 is 6.31. The van der Waals surface area contributed by atoms with E-state index in [4.69, 9.17) is 4.74 Å². The third-order valence-corrected chi connectivity index (χ3v) is 2.95. The Hall–Kier alpha value is -1.75. The van der Waals surface area contributed by atoms with Crippen LogP contribution in [0.15, 0.2) is 41.0 Å².